The Labute approximate surface area is 142 Å². The number of anilines is 1. The van der Waals surface area contributed by atoms with Crippen molar-refractivity contribution in [3.05, 3.63) is 36.7 Å². The second-order valence-corrected chi connectivity index (χ2v) is 5.85. The predicted octanol–water partition coefficient (Wildman–Crippen LogP) is -0.622. The molecule has 4 rings (SSSR count). The topological polar surface area (TPSA) is 141 Å². The predicted molar refractivity (Wildman–Crippen MR) is 86.5 cm³/mol. The van der Waals surface area contributed by atoms with Crippen LogP contribution in [0.15, 0.2) is 31.1 Å². The zero-order chi connectivity index (χ0) is 17.4. The molecule has 5 N–H and O–H groups in total. The number of aromatic amines is 1. The van der Waals surface area contributed by atoms with Gasteiger partial charge in [0.05, 0.1) is 12.9 Å². The van der Waals surface area contributed by atoms with Gasteiger partial charge in [-0.25, -0.2) is 15.0 Å². The van der Waals surface area contributed by atoms with E-state index in [-0.39, 0.29) is 6.61 Å². The summed E-state index contributed by atoms with van der Waals surface area (Å²) in [6.45, 7) is 0.177. The Bertz CT molecular complexity index is 851. The molecule has 3 aromatic heterocycles. The van der Waals surface area contributed by atoms with Crippen LogP contribution in [-0.4, -0.2) is 64.7 Å². The maximum absolute atomic E-state index is 10.2. The molecule has 4 heterocycles. The quantitative estimate of drug-likeness (QED) is 0.411. The van der Waals surface area contributed by atoms with Crippen LogP contribution in [0.3, 0.4) is 0 Å². The Balaban J connectivity index is 1.63. The molecule has 1 aliphatic rings. The summed E-state index contributed by atoms with van der Waals surface area (Å²) >= 11 is 0. The number of hydrogen-bond acceptors (Lipinski definition) is 8. The van der Waals surface area contributed by atoms with E-state index in [1.165, 1.54) is 17.2 Å². The summed E-state index contributed by atoms with van der Waals surface area (Å²) in [6, 6.07) is 1.95. The fourth-order valence-corrected chi connectivity index (χ4v) is 2.93. The van der Waals surface area contributed by atoms with Crippen molar-refractivity contribution in [1.29, 1.82) is 0 Å². The number of nitrogens with zero attached hydrogens (tertiary/aromatic N) is 4. The highest BCUT2D eigenvalue weighted by atomic mass is 16.6. The summed E-state index contributed by atoms with van der Waals surface area (Å²) in [6.07, 6.45) is 2.46. The van der Waals surface area contributed by atoms with Crippen LogP contribution in [0.2, 0.25) is 0 Å². The van der Waals surface area contributed by atoms with Crippen LogP contribution < -0.4 is 5.32 Å². The van der Waals surface area contributed by atoms with Gasteiger partial charge in [0.15, 0.2) is 23.2 Å². The smallest absolute Gasteiger partial charge is 0.167 e. The number of aliphatic hydroxyl groups excluding tert-OH is 3. The van der Waals surface area contributed by atoms with Crippen LogP contribution in [-0.2, 0) is 11.3 Å². The van der Waals surface area contributed by atoms with Gasteiger partial charge in [0, 0.05) is 18.9 Å². The van der Waals surface area contributed by atoms with Crippen molar-refractivity contribution < 1.29 is 20.1 Å². The highest BCUT2D eigenvalue weighted by Crippen LogP contribution is 2.32. The molecular formula is C15H18N6O4. The van der Waals surface area contributed by atoms with Crippen LogP contribution in [0.25, 0.3) is 11.2 Å². The maximum Gasteiger partial charge on any atom is 0.167 e. The van der Waals surface area contributed by atoms with Gasteiger partial charge in [-0.3, -0.25) is 4.57 Å². The average molecular weight is 346 g/mol. The van der Waals surface area contributed by atoms with Crippen LogP contribution in [0.4, 0.5) is 5.82 Å². The summed E-state index contributed by atoms with van der Waals surface area (Å²) in [5.74, 6) is 0.552. The van der Waals surface area contributed by atoms with Crippen LogP contribution in [0.1, 0.15) is 11.8 Å². The standard InChI is InChI=1S/C15H18N6O4/c22-5-9-11(23)12(24)15(25-9)21-7-20-10-13(18-6-19-14(10)21)17-4-8-1-2-16-3-8/h1-3,6-7,9,11-12,15-16,22-24H,4-5H2,(H,17,18,19)/t9-,11?,12+,15-/m1/s1. The molecule has 25 heavy (non-hydrogen) atoms. The van der Waals surface area contributed by atoms with E-state index in [2.05, 4.69) is 25.3 Å². The minimum absolute atomic E-state index is 0.389. The molecule has 0 aliphatic carbocycles. The van der Waals surface area contributed by atoms with Crippen LogP contribution >= 0.6 is 0 Å². The summed E-state index contributed by atoms with van der Waals surface area (Å²) < 4.78 is 7.06. The largest absolute Gasteiger partial charge is 0.394 e. The molecular weight excluding hydrogens is 328 g/mol. The van der Waals surface area contributed by atoms with Crippen molar-refractivity contribution >= 4 is 17.0 Å². The molecule has 0 bridgehead atoms. The lowest BCUT2D eigenvalue weighted by molar-refractivity contribution is -0.0511. The van der Waals surface area contributed by atoms with E-state index in [1.54, 1.807) is 0 Å². The van der Waals surface area contributed by atoms with Gasteiger partial charge in [-0.2, -0.15) is 0 Å². The van der Waals surface area contributed by atoms with Gasteiger partial charge in [0.2, 0.25) is 0 Å². The summed E-state index contributed by atoms with van der Waals surface area (Å²) in [4.78, 5) is 15.7. The number of imidazole rings is 1. The normalized spacial score (nSPS) is 26.4. The summed E-state index contributed by atoms with van der Waals surface area (Å²) in [7, 11) is 0. The number of aliphatic hydroxyl groups is 3. The minimum Gasteiger partial charge on any atom is -0.394 e. The van der Waals surface area contributed by atoms with Crippen molar-refractivity contribution in [1.82, 2.24) is 24.5 Å². The molecule has 0 spiro atoms. The number of H-pyrrole nitrogens is 1. The first-order valence-corrected chi connectivity index (χ1v) is 7.84. The minimum atomic E-state index is -1.19. The Morgan fingerprint density at radius 2 is 2.12 bits per heavy atom. The SMILES string of the molecule is OC[C@H]1O[C@@H](n2cnc3c(NCc4cc[nH]c4)ncnc32)[C@@H](O)C1O. The highest BCUT2D eigenvalue weighted by molar-refractivity contribution is 5.82. The van der Waals surface area contributed by atoms with Crippen molar-refractivity contribution in [3.63, 3.8) is 0 Å². The van der Waals surface area contributed by atoms with Gasteiger partial charge < -0.3 is 30.4 Å². The van der Waals surface area contributed by atoms with E-state index in [9.17, 15) is 15.3 Å². The molecule has 1 aliphatic heterocycles. The van der Waals surface area contributed by atoms with Crippen LogP contribution in [0, 0.1) is 0 Å². The first kappa shape index (κ1) is 16.0. The lowest BCUT2D eigenvalue weighted by Gasteiger charge is -2.16. The first-order chi connectivity index (χ1) is 12.2. The molecule has 132 valence electrons. The molecule has 0 radical (unpaired) electrons. The molecule has 0 saturated carbocycles. The van der Waals surface area contributed by atoms with Crippen LogP contribution in [0.5, 0.6) is 0 Å². The summed E-state index contributed by atoms with van der Waals surface area (Å²) in [5.41, 5.74) is 2.05. The van der Waals surface area contributed by atoms with Gasteiger partial charge in [0.1, 0.15) is 24.6 Å². The molecule has 10 heteroatoms. The van der Waals surface area contributed by atoms with Crippen molar-refractivity contribution in [2.45, 2.75) is 31.1 Å². The zero-order valence-electron chi connectivity index (χ0n) is 13.1. The van der Waals surface area contributed by atoms with E-state index >= 15 is 0 Å². The van der Waals surface area contributed by atoms with Gasteiger partial charge in [-0.15, -0.1) is 0 Å². The highest BCUT2D eigenvalue weighted by Gasteiger charge is 2.44. The molecule has 10 nitrogen and oxygen atoms in total. The third-order valence-electron chi connectivity index (χ3n) is 4.27. The second kappa shape index (κ2) is 6.41. The van der Waals surface area contributed by atoms with Gasteiger partial charge in [-0.1, -0.05) is 0 Å². The van der Waals surface area contributed by atoms with Gasteiger partial charge in [0.25, 0.3) is 0 Å². The van der Waals surface area contributed by atoms with Gasteiger partial charge >= 0.3 is 0 Å². The molecule has 1 saturated heterocycles. The van der Waals surface area contributed by atoms with Crippen molar-refractivity contribution in [2.24, 2.45) is 0 Å². The molecule has 1 unspecified atom stereocenters. The Morgan fingerprint density at radius 3 is 2.84 bits per heavy atom. The van der Waals surface area contributed by atoms with Gasteiger partial charge in [-0.05, 0) is 11.6 Å². The number of nitrogens with one attached hydrogen (secondary N) is 2. The average Bonchev–Trinajstić information content (AvgIpc) is 3.34. The number of aromatic nitrogens is 5. The third-order valence-corrected chi connectivity index (χ3v) is 4.27. The van der Waals surface area contributed by atoms with E-state index in [0.717, 1.165) is 5.56 Å². The van der Waals surface area contributed by atoms with E-state index in [4.69, 9.17) is 4.74 Å². The monoisotopic (exact) mass is 346 g/mol. The van der Waals surface area contributed by atoms with Crippen molar-refractivity contribution in [3.8, 4) is 0 Å². The van der Waals surface area contributed by atoms with E-state index in [1.807, 2.05) is 18.5 Å². The molecule has 0 aromatic carbocycles. The fourth-order valence-electron chi connectivity index (χ4n) is 2.93. The zero-order valence-corrected chi connectivity index (χ0v) is 13.1. The third kappa shape index (κ3) is 2.74. The van der Waals surface area contributed by atoms with Crippen molar-refractivity contribution in [2.75, 3.05) is 11.9 Å². The fraction of sp³-hybridized carbons (Fsp3) is 0.400. The lowest BCUT2D eigenvalue weighted by atomic mass is 10.1. The second-order valence-electron chi connectivity index (χ2n) is 5.85. The summed E-state index contributed by atoms with van der Waals surface area (Å²) in [5, 5.41) is 32.5. The Kier molecular flexibility index (Phi) is 4.09. The van der Waals surface area contributed by atoms with E-state index in [0.29, 0.717) is 23.5 Å². The van der Waals surface area contributed by atoms with E-state index < -0.39 is 24.5 Å². The number of fused-ring (bicyclic) bond motifs is 1. The first-order valence-electron chi connectivity index (χ1n) is 7.84. The number of rotatable bonds is 5. The molecule has 4 atom stereocenters. The molecule has 0 amide bonds. The molecule has 1 fully saturated rings. The number of ether oxygens (including phenoxy) is 1. The lowest BCUT2D eigenvalue weighted by Crippen LogP contribution is -2.33. The Morgan fingerprint density at radius 1 is 1.24 bits per heavy atom. The Hall–Kier alpha value is -2.53. The molecule has 3 aromatic rings. The maximum atomic E-state index is 10.2. The number of hydrogen-bond donors (Lipinski definition) is 5.